The number of methoxy groups -OCH3 is 3. The molecular weight excluding hydrogens is 348 g/mol. The zero-order chi connectivity index (χ0) is 19.6. The molecule has 0 saturated heterocycles. The molecule has 0 saturated carbocycles. The van der Waals surface area contributed by atoms with Gasteiger partial charge in [-0.25, -0.2) is 0 Å². The molecular formula is C21H26O6. The van der Waals surface area contributed by atoms with Gasteiger partial charge in [0.1, 0.15) is 0 Å². The minimum atomic E-state index is -0.00481. The number of benzene rings is 2. The molecule has 0 unspecified atom stereocenters. The van der Waals surface area contributed by atoms with Gasteiger partial charge in [-0.15, -0.1) is 0 Å². The third-order valence-electron chi connectivity index (χ3n) is 3.95. The molecule has 146 valence electrons. The van der Waals surface area contributed by atoms with Gasteiger partial charge in [0.15, 0.2) is 29.8 Å². The zero-order valence-electron chi connectivity index (χ0n) is 16.2. The summed E-state index contributed by atoms with van der Waals surface area (Å²) in [6, 6.07) is 9.24. The van der Waals surface area contributed by atoms with E-state index in [1.165, 1.54) is 14.2 Å². The van der Waals surface area contributed by atoms with Gasteiger partial charge >= 0.3 is 0 Å². The van der Waals surface area contributed by atoms with Gasteiger partial charge in [-0.05, 0) is 25.5 Å². The van der Waals surface area contributed by atoms with Crippen molar-refractivity contribution in [3.63, 3.8) is 0 Å². The quantitative estimate of drug-likeness (QED) is 0.500. The summed E-state index contributed by atoms with van der Waals surface area (Å²) in [6.45, 7) is 2.66. The third kappa shape index (κ3) is 5.08. The third-order valence-corrected chi connectivity index (χ3v) is 3.95. The number of aromatic hydroxyl groups is 1. The molecule has 0 bridgehead atoms. The average Bonchev–Trinajstić information content (AvgIpc) is 2.68. The normalized spacial score (nSPS) is 10.8. The highest BCUT2D eigenvalue weighted by molar-refractivity contribution is 5.63. The Hall–Kier alpha value is -2.86. The van der Waals surface area contributed by atoms with Gasteiger partial charge in [0.2, 0.25) is 5.75 Å². The Morgan fingerprint density at radius 3 is 2.37 bits per heavy atom. The van der Waals surface area contributed by atoms with Crippen LogP contribution in [0.3, 0.4) is 0 Å². The van der Waals surface area contributed by atoms with Crippen molar-refractivity contribution in [2.24, 2.45) is 0 Å². The van der Waals surface area contributed by atoms with E-state index in [4.69, 9.17) is 23.7 Å². The summed E-state index contributed by atoms with van der Waals surface area (Å²) in [7, 11) is 4.62. The second-order valence-electron chi connectivity index (χ2n) is 5.55. The van der Waals surface area contributed by atoms with Crippen molar-refractivity contribution >= 4 is 6.08 Å². The molecule has 0 aliphatic rings. The fourth-order valence-corrected chi connectivity index (χ4v) is 2.65. The molecule has 27 heavy (non-hydrogen) atoms. The molecule has 0 heterocycles. The first-order chi connectivity index (χ1) is 13.2. The van der Waals surface area contributed by atoms with Gasteiger partial charge in [-0.2, -0.15) is 0 Å². The number of phenolic OH excluding ortho intramolecular Hbond substituents is 1. The van der Waals surface area contributed by atoms with E-state index < -0.39 is 0 Å². The lowest BCUT2D eigenvalue weighted by atomic mass is 10.1. The van der Waals surface area contributed by atoms with Gasteiger partial charge in [0, 0.05) is 17.7 Å². The number of para-hydroxylation sites is 1. The number of rotatable bonds is 10. The van der Waals surface area contributed by atoms with Crippen LogP contribution < -0.4 is 18.9 Å². The molecule has 0 atom stereocenters. The summed E-state index contributed by atoms with van der Waals surface area (Å²) in [5.74, 6) is 2.03. The van der Waals surface area contributed by atoms with Crippen LogP contribution in [-0.2, 0) is 11.2 Å². The maximum absolute atomic E-state index is 10.2. The van der Waals surface area contributed by atoms with Crippen molar-refractivity contribution in [1.29, 1.82) is 0 Å². The molecule has 6 heteroatoms. The number of phenols is 1. The summed E-state index contributed by atoms with van der Waals surface area (Å²) in [6.07, 6.45) is 4.47. The largest absolute Gasteiger partial charge is 0.502 e. The van der Waals surface area contributed by atoms with E-state index in [0.29, 0.717) is 36.0 Å². The van der Waals surface area contributed by atoms with Crippen LogP contribution in [0.15, 0.2) is 36.4 Å². The Morgan fingerprint density at radius 2 is 1.70 bits per heavy atom. The van der Waals surface area contributed by atoms with Gasteiger partial charge < -0.3 is 28.8 Å². The molecule has 0 aliphatic heterocycles. The van der Waals surface area contributed by atoms with Gasteiger partial charge in [-0.3, -0.25) is 0 Å². The monoisotopic (exact) mass is 374 g/mol. The SMILES string of the molecule is CCOCOc1cccc(/C=C/Cc2ccc(OC)c(O)c2OC)c1OC. The van der Waals surface area contributed by atoms with Gasteiger partial charge in [-0.1, -0.05) is 30.4 Å². The average molecular weight is 374 g/mol. The Balaban J connectivity index is 2.19. The van der Waals surface area contributed by atoms with Crippen molar-refractivity contribution in [3.8, 4) is 28.7 Å². The van der Waals surface area contributed by atoms with Gasteiger partial charge in [0.25, 0.3) is 0 Å². The first-order valence-corrected chi connectivity index (χ1v) is 8.63. The molecule has 1 N–H and O–H groups in total. The molecule has 0 aromatic heterocycles. The summed E-state index contributed by atoms with van der Waals surface area (Å²) in [5, 5.41) is 10.2. The standard InChI is InChI=1S/C21H26O6/c1-5-26-14-27-18-11-7-10-15(20(18)24-3)8-6-9-16-12-13-17(23-2)19(22)21(16)25-4/h6-8,10-13,22H,5,9,14H2,1-4H3/b8-6+. The predicted molar refractivity (Wildman–Crippen MR) is 104 cm³/mol. The van der Waals surface area contributed by atoms with Crippen molar-refractivity contribution < 1.29 is 28.8 Å². The van der Waals surface area contributed by atoms with E-state index >= 15 is 0 Å². The Kier molecular flexibility index (Phi) is 7.82. The van der Waals surface area contributed by atoms with E-state index in [1.54, 1.807) is 13.2 Å². The molecule has 6 nitrogen and oxygen atoms in total. The smallest absolute Gasteiger partial charge is 0.201 e. The van der Waals surface area contributed by atoms with Gasteiger partial charge in [0.05, 0.1) is 21.3 Å². The summed E-state index contributed by atoms with van der Waals surface area (Å²) in [5.41, 5.74) is 1.72. The van der Waals surface area contributed by atoms with Crippen LogP contribution in [0.5, 0.6) is 28.7 Å². The minimum absolute atomic E-state index is 0.00481. The van der Waals surface area contributed by atoms with Crippen molar-refractivity contribution in [2.45, 2.75) is 13.3 Å². The highest BCUT2D eigenvalue weighted by atomic mass is 16.7. The summed E-state index contributed by atoms with van der Waals surface area (Å²) >= 11 is 0. The van der Waals surface area contributed by atoms with E-state index in [0.717, 1.165) is 11.1 Å². The Labute approximate surface area is 159 Å². The number of hydrogen-bond acceptors (Lipinski definition) is 6. The van der Waals surface area contributed by atoms with E-state index in [1.807, 2.05) is 43.3 Å². The predicted octanol–water partition coefficient (Wildman–Crippen LogP) is 4.05. The van der Waals surface area contributed by atoms with E-state index in [-0.39, 0.29) is 12.5 Å². The minimum Gasteiger partial charge on any atom is -0.502 e. The Morgan fingerprint density at radius 1 is 0.926 bits per heavy atom. The maximum atomic E-state index is 10.2. The highest BCUT2D eigenvalue weighted by Crippen LogP contribution is 2.39. The fourth-order valence-electron chi connectivity index (χ4n) is 2.65. The van der Waals surface area contributed by atoms with Crippen LogP contribution >= 0.6 is 0 Å². The van der Waals surface area contributed by atoms with Crippen LogP contribution in [-0.4, -0.2) is 39.8 Å². The highest BCUT2D eigenvalue weighted by Gasteiger charge is 2.13. The van der Waals surface area contributed by atoms with Crippen molar-refractivity contribution in [1.82, 2.24) is 0 Å². The van der Waals surface area contributed by atoms with Crippen LogP contribution in [0, 0.1) is 0 Å². The van der Waals surface area contributed by atoms with Crippen molar-refractivity contribution in [3.05, 3.63) is 47.5 Å². The van der Waals surface area contributed by atoms with Crippen molar-refractivity contribution in [2.75, 3.05) is 34.7 Å². The van der Waals surface area contributed by atoms with Crippen LogP contribution in [0.1, 0.15) is 18.1 Å². The Bertz CT molecular complexity index is 770. The first kappa shape index (κ1) is 20.5. The molecule has 0 fully saturated rings. The molecule has 2 rings (SSSR count). The number of ether oxygens (including phenoxy) is 5. The fraction of sp³-hybridized carbons (Fsp3) is 0.333. The lowest BCUT2D eigenvalue weighted by Gasteiger charge is -2.13. The molecule has 0 aliphatic carbocycles. The topological polar surface area (TPSA) is 66.4 Å². The molecule has 2 aromatic rings. The molecule has 0 spiro atoms. The second-order valence-corrected chi connectivity index (χ2v) is 5.55. The number of hydrogen-bond donors (Lipinski definition) is 1. The molecule has 2 aromatic carbocycles. The maximum Gasteiger partial charge on any atom is 0.201 e. The molecule has 0 radical (unpaired) electrons. The van der Waals surface area contributed by atoms with Crippen LogP contribution in [0.2, 0.25) is 0 Å². The van der Waals surface area contributed by atoms with Crippen LogP contribution in [0.4, 0.5) is 0 Å². The lowest BCUT2D eigenvalue weighted by molar-refractivity contribution is 0.0209. The lowest BCUT2D eigenvalue weighted by Crippen LogP contribution is -2.03. The van der Waals surface area contributed by atoms with Crippen LogP contribution in [0.25, 0.3) is 6.08 Å². The molecule has 0 amide bonds. The zero-order valence-corrected chi connectivity index (χ0v) is 16.2. The summed E-state index contributed by atoms with van der Waals surface area (Å²) in [4.78, 5) is 0. The van der Waals surface area contributed by atoms with E-state index in [2.05, 4.69) is 0 Å². The second kappa shape index (κ2) is 10.3. The first-order valence-electron chi connectivity index (χ1n) is 8.63. The number of allylic oxidation sites excluding steroid dienone is 1. The van der Waals surface area contributed by atoms with E-state index in [9.17, 15) is 5.11 Å². The summed E-state index contributed by atoms with van der Waals surface area (Å²) < 4.78 is 26.8.